The van der Waals surface area contributed by atoms with Gasteiger partial charge < -0.3 is 11.1 Å². The van der Waals surface area contributed by atoms with Gasteiger partial charge in [-0.3, -0.25) is 9.78 Å². The first-order valence-electron chi connectivity index (χ1n) is 6.04. The van der Waals surface area contributed by atoms with Crippen LogP contribution in [0.25, 0.3) is 0 Å². The number of aromatic nitrogens is 1. The number of amides is 1. The Kier molecular flexibility index (Phi) is 3.43. The fourth-order valence-electron chi connectivity index (χ4n) is 2.09. The summed E-state index contributed by atoms with van der Waals surface area (Å²) in [4.78, 5) is 15.9. The van der Waals surface area contributed by atoms with Crippen molar-refractivity contribution >= 4 is 5.91 Å². The molecular weight excluding hydrogens is 214 g/mol. The molecule has 1 aromatic heterocycles. The molecule has 17 heavy (non-hydrogen) atoms. The number of hydrogen-bond donors (Lipinski definition) is 2. The molecule has 1 aliphatic carbocycles. The lowest BCUT2D eigenvalue weighted by Gasteiger charge is -2.29. The van der Waals surface area contributed by atoms with Gasteiger partial charge in [-0.15, -0.1) is 0 Å². The molecule has 1 unspecified atom stereocenters. The Balaban J connectivity index is 1.92. The lowest BCUT2D eigenvalue weighted by Crippen LogP contribution is -2.53. The summed E-state index contributed by atoms with van der Waals surface area (Å²) in [5.74, 6) is 0.588. The summed E-state index contributed by atoms with van der Waals surface area (Å²) in [6.45, 7) is 2.54. The SMILES string of the molecule is CC(CN)(NC(=O)Cc1ccncc1)C1CC1. The van der Waals surface area contributed by atoms with Gasteiger partial charge in [0, 0.05) is 18.9 Å². The molecule has 3 N–H and O–H groups in total. The van der Waals surface area contributed by atoms with Gasteiger partial charge in [0.1, 0.15) is 0 Å². The first-order valence-corrected chi connectivity index (χ1v) is 6.04. The van der Waals surface area contributed by atoms with E-state index in [4.69, 9.17) is 5.73 Å². The quantitative estimate of drug-likeness (QED) is 0.793. The highest BCUT2D eigenvalue weighted by Crippen LogP contribution is 2.38. The normalized spacial score (nSPS) is 18.5. The maximum atomic E-state index is 11.9. The van der Waals surface area contributed by atoms with Gasteiger partial charge in [-0.1, -0.05) is 0 Å². The van der Waals surface area contributed by atoms with Crippen molar-refractivity contribution in [3.63, 3.8) is 0 Å². The Morgan fingerprint density at radius 2 is 2.18 bits per heavy atom. The van der Waals surface area contributed by atoms with E-state index in [1.165, 1.54) is 12.8 Å². The molecule has 92 valence electrons. The zero-order valence-corrected chi connectivity index (χ0v) is 10.1. The fourth-order valence-corrected chi connectivity index (χ4v) is 2.09. The minimum absolute atomic E-state index is 0.0380. The van der Waals surface area contributed by atoms with Crippen LogP contribution in [-0.2, 0) is 11.2 Å². The summed E-state index contributed by atoms with van der Waals surface area (Å²) >= 11 is 0. The van der Waals surface area contributed by atoms with Crippen LogP contribution in [0.5, 0.6) is 0 Å². The molecule has 0 aliphatic heterocycles. The van der Waals surface area contributed by atoms with Crippen LogP contribution in [0.3, 0.4) is 0 Å². The predicted octanol–water partition coefficient (Wildman–Crippen LogP) is 0.868. The van der Waals surface area contributed by atoms with Gasteiger partial charge in [0.05, 0.1) is 12.0 Å². The van der Waals surface area contributed by atoms with Crippen LogP contribution in [0.1, 0.15) is 25.3 Å². The van der Waals surface area contributed by atoms with Crippen LogP contribution in [0, 0.1) is 5.92 Å². The predicted molar refractivity (Wildman–Crippen MR) is 66.3 cm³/mol. The minimum atomic E-state index is -0.232. The molecule has 1 aliphatic rings. The van der Waals surface area contributed by atoms with Gasteiger partial charge in [0.15, 0.2) is 0 Å². The molecule has 1 saturated carbocycles. The summed E-state index contributed by atoms with van der Waals surface area (Å²) in [5, 5.41) is 3.07. The molecule has 0 bridgehead atoms. The van der Waals surface area contributed by atoms with Crippen molar-refractivity contribution < 1.29 is 4.79 Å². The van der Waals surface area contributed by atoms with Crippen molar-refractivity contribution in [2.45, 2.75) is 31.7 Å². The summed E-state index contributed by atoms with van der Waals surface area (Å²) in [6, 6.07) is 3.72. The second-order valence-corrected chi connectivity index (χ2v) is 4.98. The van der Waals surface area contributed by atoms with Crippen molar-refractivity contribution in [3.05, 3.63) is 30.1 Å². The standard InChI is InChI=1S/C13H19N3O/c1-13(9-14,11-2-3-11)16-12(17)8-10-4-6-15-7-5-10/h4-7,11H,2-3,8-9,14H2,1H3,(H,16,17). The highest BCUT2D eigenvalue weighted by molar-refractivity contribution is 5.79. The van der Waals surface area contributed by atoms with Crippen molar-refractivity contribution in [2.75, 3.05) is 6.54 Å². The van der Waals surface area contributed by atoms with E-state index in [1.807, 2.05) is 19.1 Å². The molecule has 0 radical (unpaired) electrons. The molecule has 1 heterocycles. The Hall–Kier alpha value is -1.42. The number of carbonyl (C=O) groups excluding carboxylic acids is 1. The number of carbonyl (C=O) groups is 1. The number of hydrogen-bond acceptors (Lipinski definition) is 3. The molecule has 1 aromatic rings. The van der Waals surface area contributed by atoms with E-state index in [-0.39, 0.29) is 11.4 Å². The van der Waals surface area contributed by atoms with Crippen molar-refractivity contribution in [2.24, 2.45) is 11.7 Å². The molecule has 4 heteroatoms. The highest BCUT2D eigenvalue weighted by atomic mass is 16.1. The van der Waals surface area contributed by atoms with Gasteiger partial charge in [-0.05, 0) is 43.4 Å². The zero-order chi connectivity index (χ0) is 12.3. The van der Waals surface area contributed by atoms with Crippen LogP contribution in [0.4, 0.5) is 0 Å². The Labute approximate surface area is 102 Å². The Morgan fingerprint density at radius 3 is 2.71 bits per heavy atom. The van der Waals surface area contributed by atoms with Gasteiger partial charge in [-0.25, -0.2) is 0 Å². The first kappa shape index (κ1) is 12.0. The third-order valence-corrected chi connectivity index (χ3v) is 3.44. The largest absolute Gasteiger partial charge is 0.349 e. The average molecular weight is 233 g/mol. The maximum absolute atomic E-state index is 11.9. The van der Waals surface area contributed by atoms with E-state index in [2.05, 4.69) is 10.3 Å². The van der Waals surface area contributed by atoms with Crippen LogP contribution in [0.2, 0.25) is 0 Å². The topological polar surface area (TPSA) is 68.0 Å². The van der Waals surface area contributed by atoms with E-state index < -0.39 is 0 Å². The van der Waals surface area contributed by atoms with Gasteiger partial charge in [-0.2, -0.15) is 0 Å². The summed E-state index contributed by atoms with van der Waals surface area (Å²) in [5.41, 5.74) is 6.51. The smallest absolute Gasteiger partial charge is 0.224 e. The van der Waals surface area contributed by atoms with E-state index in [9.17, 15) is 4.79 Å². The number of nitrogens with two attached hydrogens (primary N) is 1. The molecule has 4 nitrogen and oxygen atoms in total. The molecule has 0 aromatic carbocycles. The average Bonchev–Trinajstić information content (AvgIpc) is 3.14. The van der Waals surface area contributed by atoms with E-state index in [0.29, 0.717) is 18.9 Å². The lowest BCUT2D eigenvalue weighted by atomic mass is 9.95. The van der Waals surface area contributed by atoms with Crippen LogP contribution < -0.4 is 11.1 Å². The molecule has 0 saturated heterocycles. The Bertz CT molecular complexity index is 389. The second-order valence-electron chi connectivity index (χ2n) is 4.98. The zero-order valence-electron chi connectivity index (χ0n) is 10.1. The molecule has 1 atom stereocenters. The maximum Gasteiger partial charge on any atom is 0.224 e. The van der Waals surface area contributed by atoms with Gasteiger partial charge in [0.2, 0.25) is 5.91 Å². The highest BCUT2D eigenvalue weighted by Gasteiger charge is 2.41. The van der Waals surface area contributed by atoms with Crippen molar-refractivity contribution in [3.8, 4) is 0 Å². The summed E-state index contributed by atoms with van der Waals surface area (Å²) in [7, 11) is 0. The molecule has 2 rings (SSSR count). The first-order chi connectivity index (χ1) is 8.14. The van der Waals surface area contributed by atoms with E-state index >= 15 is 0 Å². The molecule has 1 amide bonds. The number of nitrogens with one attached hydrogen (secondary N) is 1. The Morgan fingerprint density at radius 1 is 1.53 bits per heavy atom. The van der Waals surface area contributed by atoms with E-state index in [1.54, 1.807) is 12.4 Å². The third-order valence-electron chi connectivity index (χ3n) is 3.44. The fraction of sp³-hybridized carbons (Fsp3) is 0.538. The third kappa shape index (κ3) is 3.03. The molecular formula is C13H19N3O. The number of nitrogens with zero attached hydrogens (tertiary/aromatic N) is 1. The van der Waals surface area contributed by atoms with Crippen LogP contribution >= 0.6 is 0 Å². The lowest BCUT2D eigenvalue weighted by molar-refractivity contribution is -0.122. The van der Waals surface area contributed by atoms with E-state index in [0.717, 1.165) is 5.56 Å². The van der Waals surface area contributed by atoms with Crippen LogP contribution in [0.15, 0.2) is 24.5 Å². The minimum Gasteiger partial charge on any atom is -0.349 e. The van der Waals surface area contributed by atoms with Gasteiger partial charge in [0.25, 0.3) is 0 Å². The molecule has 1 fully saturated rings. The summed E-state index contributed by atoms with van der Waals surface area (Å²) < 4.78 is 0. The number of rotatable bonds is 5. The summed E-state index contributed by atoms with van der Waals surface area (Å²) in [6.07, 6.45) is 6.13. The van der Waals surface area contributed by atoms with Crippen molar-refractivity contribution in [1.82, 2.24) is 10.3 Å². The van der Waals surface area contributed by atoms with Gasteiger partial charge >= 0.3 is 0 Å². The molecule has 0 spiro atoms. The van der Waals surface area contributed by atoms with Crippen molar-refractivity contribution in [1.29, 1.82) is 0 Å². The monoisotopic (exact) mass is 233 g/mol. The second kappa shape index (κ2) is 4.84. The number of pyridine rings is 1. The van der Waals surface area contributed by atoms with Crippen LogP contribution in [-0.4, -0.2) is 23.0 Å².